The van der Waals surface area contributed by atoms with Gasteiger partial charge in [-0.3, -0.25) is 9.36 Å². The third kappa shape index (κ3) is 4.08. The Kier molecular flexibility index (Phi) is 6.43. The Morgan fingerprint density at radius 1 is 1.25 bits per heavy atom. The number of halogens is 1. The van der Waals surface area contributed by atoms with Gasteiger partial charge in [0.25, 0.3) is 5.56 Å². The van der Waals surface area contributed by atoms with Crippen LogP contribution >= 0.6 is 27.3 Å². The molecule has 2 heterocycles. The van der Waals surface area contributed by atoms with E-state index in [4.69, 9.17) is 9.47 Å². The first-order valence-electron chi connectivity index (χ1n) is 10.0. The molecule has 0 radical (unpaired) electrons. The van der Waals surface area contributed by atoms with Gasteiger partial charge in [0.05, 0.1) is 35.6 Å². The Balaban J connectivity index is 1.97. The van der Waals surface area contributed by atoms with Crippen LogP contribution in [0, 0.1) is 0 Å². The van der Waals surface area contributed by atoms with Gasteiger partial charge in [-0.05, 0) is 43.7 Å². The second-order valence-electron chi connectivity index (χ2n) is 7.10. The molecule has 0 saturated heterocycles. The van der Waals surface area contributed by atoms with Gasteiger partial charge in [0.2, 0.25) is 0 Å². The molecular weight excluding hydrogens is 492 g/mol. The molecule has 0 aliphatic carbocycles. The van der Waals surface area contributed by atoms with Crippen LogP contribution in [0.25, 0.3) is 6.08 Å². The smallest absolute Gasteiger partial charge is 0.338 e. The first-order valence-corrected chi connectivity index (χ1v) is 11.6. The molecule has 0 bridgehead atoms. The van der Waals surface area contributed by atoms with Crippen molar-refractivity contribution in [3.05, 3.63) is 95.1 Å². The van der Waals surface area contributed by atoms with Crippen LogP contribution in [0.4, 0.5) is 0 Å². The Morgan fingerprint density at radius 3 is 2.69 bits per heavy atom. The third-order valence-electron chi connectivity index (χ3n) is 5.11. The molecule has 0 amide bonds. The van der Waals surface area contributed by atoms with E-state index in [2.05, 4.69) is 20.9 Å². The van der Waals surface area contributed by atoms with Crippen molar-refractivity contribution in [2.24, 2.45) is 4.99 Å². The van der Waals surface area contributed by atoms with Gasteiger partial charge in [0.1, 0.15) is 5.75 Å². The lowest BCUT2D eigenvalue weighted by Crippen LogP contribution is -2.39. The van der Waals surface area contributed by atoms with Crippen molar-refractivity contribution in [3.63, 3.8) is 0 Å². The van der Waals surface area contributed by atoms with E-state index >= 15 is 0 Å². The molecule has 0 saturated carbocycles. The Hall–Kier alpha value is -2.97. The minimum atomic E-state index is -0.613. The highest BCUT2D eigenvalue weighted by molar-refractivity contribution is 9.10. The van der Waals surface area contributed by atoms with Crippen molar-refractivity contribution in [3.8, 4) is 5.75 Å². The van der Waals surface area contributed by atoms with Crippen LogP contribution in [0.15, 0.2) is 74.1 Å². The summed E-state index contributed by atoms with van der Waals surface area (Å²) in [6.07, 6.45) is 1.79. The highest BCUT2D eigenvalue weighted by Gasteiger charge is 2.33. The average molecular weight is 513 g/mol. The van der Waals surface area contributed by atoms with E-state index in [1.807, 2.05) is 48.5 Å². The topological polar surface area (TPSA) is 69.9 Å². The number of allylic oxidation sites excluding steroid dienone is 1. The van der Waals surface area contributed by atoms with Gasteiger partial charge in [0, 0.05) is 10.0 Å². The zero-order valence-electron chi connectivity index (χ0n) is 17.8. The van der Waals surface area contributed by atoms with Crippen LogP contribution in [0.1, 0.15) is 31.0 Å². The molecule has 6 nitrogen and oxygen atoms in total. The second-order valence-corrected chi connectivity index (χ2v) is 9.02. The number of rotatable bonds is 5. The summed E-state index contributed by atoms with van der Waals surface area (Å²) in [6, 6.07) is 14.5. The molecule has 8 heteroatoms. The Bertz CT molecular complexity index is 1390. The van der Waals surface area contributed by atoms with Crippen molar-refractivity contribution >= 4 is 39.3 Å². The van der Waals surface area contributed by atoms with E-state index in [9.17, 15) is 9.59 Å². The van der Waals surface area contributed by atoms with E-state index < -0.39 is 12.0 Å². The number of carbonyl (C=O) groups is 1. The van der Waals surface area contributed by atoms with Crippen LogP contribution in [0.5, 0.6) is 5.75 Å². The largest absolute Gasteiger partial charge is 0.496 e. The highest BCUT2D eigenvalue weighted by Crippen LogP contribution is 2.30. The molecule has 1 aliphatic heterocycles. The fraction of sp³-hybridized carbons (Fsp3) is 0.208. The zero-order chi connectivity index (χ0) is 22.8. The van der Waals surface area contributed by atoms with E-state index in [0.717, 1.165) is 15.6 Å². The molecule has 1 aliphatic rings. The Labute approximate surface area is 197 Å². The summed E-state index contributed by atoms with van der Waals surface area (Å²) in [7, 11) is 1.59. The van der Waals surface area contributed by atoms with Crippen molar-refractivity contribution in [1.82, 2.24) is 4.57 Å². The molecule has 2 aromatic carbocycles. The van der Waals surface area contributed by atoms with Crippen molar-refractivity contribution in [2.45, 2.75) is 19.9 Å². The molecular formula is C24H21BrN2O4S. The maximum Gasteiger partial charge on any atom is 0.338 e. The van der Waals surface area contributed by atoms with Crippen molar-refractivity contribution in [1.29, 1.82) is 0 Å². The summed E-state index contributed by atoms with van der Waals surface area (Å²) in [6.45, 7) is 3.77. The molecule has 164 valence electrons. The number of thiazole rings is 1. The van der Waals surface area contributed by atoms with Gasteiger partial charge in [0.15, 0.2) is 4.80 Å². The number of ether oxygens (including phenoxy) is 2. The van der Waals surface area contributed by atoms with E-state index in [-0.39, 0.29) is 12.2 Å². The molecule has 1 aromatic heterocycles. The number of methoxy groups -OCH3 is 1. The van der Waals surface area contributed by atoms with Gasteiger partial charge in [-0.1, -0.05) is 57.6 Å². The lowest BCUT2D eigenvalue weighted by atomic mass is 9.96. The minimum Gasteiger partial charge on any atom is -0.496 e. The SMILES string of the molecule is CCOC(=O)C1=C(C)N=c2sc(=Cc3cc(Br)ccc3OC)c(=O)n2[C@@H]1c1ccccc1. The summed E-state index contributed by atoms with van der Waals surface area (Å²) in [5.41, 5.74) is 2.28. The maximum atomic E-state index is 13.6. The van der Waals surface area contributed by atoms with E-state index in [0.29, 0.717) is 26.4 Å². The number of fused-ring (bicyclic) bond motifs is 1. The fourth-order valence-electron chi connectivity index (χ4n) is 3.70. The standard InChI is InChI=1S/C24H21BrN2O4S/c1-4-31-23(29)20-14(2)26-24-27(21(20)15-8-6-5-7-9-15)22(28)19(32-24)13-16-12-17(25)10-11-18(16)30-3/h5-13,21H,4H2,1-3H3/t21-/m1/s1. The Morgan fingerprint density at radius 2 is 2.00 bits per heavy atom. The van der Waals surface area contributed by atoms with Crippen LogP contribution in [-0.2, 0) is 9.53 Å². The van der Waals surface area contributed by atoms with Crippen LogP contribution in [0.3, 0.4) is 0 Å². The lowest BCUT2D eigenvalue weighted by molar-refractivity contribution is -0.139. The van der Waals surface area contributed by atoms with Crippen LogP contribution < -0.4 is 19.6 Å². The summed E-state index contributed by atoms with van der Waals surface area (Å²) in [5, 5.41) is 0. The summed E-state index contributed by atoms with van der Waals surface area (Å²) >= 11 is 4.75. The minimum absolute atomic E-state index is 0.223. The number of esters is 1. The molecule has 0 fully saturated rings. The predicted molar refractivity (Wildman–Crippen MR) is 128 cm³/mol. The fourth-order valence-corrected chi connectivity index (χ4v) is 5.12. The summed E-state index contributed by atoms with van der Waals surface area (Å²) < 4.78 is 13.7. The third-order valence-corrected chi connectivity index (χ3v) is 6.59. The molecule has 32 heavy (non-hydrogen) atoms. The summed E-state index contributed by atoms with van der Waals surface area (Å²) in [4.78, 5) is 31.6. The van der Waals surface area contributed by atoms with Gasteiger partial charge in [-0.25, -0.2) is 9.79 Å². The number of carbonyl (C=O) groups excluding carboxylic acids is 1. The number of benzene rings is 2. The maximum absolute atomic E-state index is 13.6. The molecule has 3 aromatic rings. The van der Waals surface area contributed by atoms with Gasteiger partial charge in [-0.2, -0.15) is 0 Å². The summed E-state index contributed by atoms with van der Waals surface area (Å²) in [5.74, 6) is 0.188. The second kappa shape index (κ2) is 9.26. The first kappa shape index (κ1) is 22.2. The molecule has 4 rings (SSSR count). The highest BCUT2D eigenvalue weighted by atomic mass is 79.9. The van der Waals surface area contributed by atoms with Gasteiger partial charge in [-0.15, -0.1) is 0 Å². The quantitative estimate of drug-likeness (QED) is 0.490. The number of hydrogen-bond donors (Lipinski definition) is 0. The lowest BCUT2D eigenvalue weighted by Gasteiger charge is -2.24. The van der Waals surface area contributed by atoms with E-state index in [1.165, 1.54) is 11.3 Å². The van der Waals surface area contributed by atoms with Crippen molar-refractivity contribution < 1.29 is 14.3 Å². The first-order chi connectivity index (χ1) is 15.4. The van der Waals surface area contributed by atoms with Crippen LogP contribution in [0.2, 0.25) is 0 Å². The molecule has 1 atom stereocenters. The number of nitrogens with zero attached hydrogens (tertiary/aromatic N) is 2. The van der Waals surface area contributed by atoms with E-state index in [1.54, 1.807) is 31.6 Å². The predicted octanol–water partition coefficient (Wildman–Crippen LogP) is 3.57. The molecule has 0 unspecified atom stereocenters. The number of hydrogen-bond acceptors (Lipinski definition) is 6. The van der Waals surface area contributed by atoms with Crippen LogP contribution in [-0.4, -0.2) is 24.3 Å². The normalized spacial score (nSPS) is 15.9. The number of aromatic nitrogens is 1. The monoisotopic (exact) mass is 512 g/mol. The average Bonchev–Trinajstić information content (AvgIpc) is 3.08. The molecule has 0 spiro atoms. The zero-order valence-corrected chi connectivity index (χ0v) is 20.2. The van der Waals surface area contributed by atoms with Gasteiger partial charge < -0.3 is 9.47 Å². The van der Waals surface area contributed by atoms with Crippen molar-refractivity contribution in [2.75, 3.05) is 13.7 Å². The molecule has 0 N–H and O–H groups in total. The van der Waals surface area contributed by atoms with Gasteiger partial charge >= 0.3 is 5.97 Å².